The third-order valence-corrected chi connectivity index (χ3v) is 1.91. The second-order valence-electron chi connectivity index (χ2n) is 1.98. The maximum absolute atomic E-state index is 10.2. The first-order valence-electron chi connectivity index (χ1n) is 2.84. The molecule has 3 N–H and O–H groups in total. The molecule has 0 amide bonds. The van der Waals surface area contributed by atoms with E-state index in [0.717, 1.165) is 0 Å². The van der Waals surface area contributed by atoms with Crippen molar-refractivity contribution in [3.63, 3.8) is 0 Å². The zero-order chi connectivity index (χ0) is 8.20. The lowest BCUT2D eigenvalue weighted by Crippen LogP contribution is -2.32. The van der Waals surface area contributed by atoms with Crippen LogP contribution in [0.4, 0.5) is 0 Å². The van der Waals surface area contributed by atoms with E-state index in [0.29, 0.717) is 6.42 Å². The minimum absolute atomic E-state index is 0.441. The summed E-state index contributed by atoms with van der Waals surface area (Å²) in [7, 11) is -3.97. The van der Waals surface area contributed by atoms with Gasteiger partial charge in [0, 0.05) is 6.04 Å². The molecular formula is C4H11NO4S. The van der Waals surface area contributed by atoms with E-state index in [1.807, 2.05) is 0 Å². The highest BCUT2D eigenvalue weighted by Gasteiger charge is 2.13. The maximum Gasteiger partial charge on any atom is 0.266 e. The lowest BCUT2D eigenvalue weighted by molar-refractivity contribution is 0.131. The molecule has 1 atom stereocenters. The summed E-state index contributed by atoms with van der Waals surface area (Å²) in [5, 5.41) is 8.26. The molecule has 62 valence electrons. The standard InChI is InChI=1S/C4H11NO4S/c1-2-4(5-6)3-10(7,8)9/h4-6H,2-3H2,1H3,(H,7,8,9). The summed E-state index contributed by atoms with van der Waals surface area (Å²) in [4.78, 5) is 0. The van der Waals surface area contributed by atoms with Crippen molar-refractivity contribution in [2.45, 2.75) is 19.4 Å². The van der Waals surface area contributed by atoms with Gasteiger partial charge in [0.2, 0.25) is 0 Å². The molecule has 5 nitrogen and oxygen atoms in total. The Morgan fingerprint density at radius 1 is 1.60 bits per heavy atom. The van der Waals surface area contributed by atoms with Crippen LogP contribution in [0.2, 0.25) is 0 Å². The van der Waals surface area contributed by atoms with E-state index >= 15 is 0 Å². The summed E-state index contributed by atoms with van der Waals surface area (Å²) >= 11 is 0. The lowest BCUT2D eigenvalue weighted by atomic mass is 10.3. The Kier molecular flexibility index (Phi) is 3.80. The van der Waals surface area contributed by atoms with Gasteiger partial charge in [0.1, 0.15) is 0 Å². The fraction of sp³-hybridized carbons (Fsp3) is 1.00. The van der Waals surface area contributed by atoms with Gasteiger partial charge in [0.15, 0.2) is 0 Å². The zero-order valence-electron chi connectivity index (χ0n) is 5.61. The molecule has 0 aromatic heterocycles. The van der Waals surface area contributed by atoms with E-state index in [4.69, 9.17) is 9.76 Å². The van der Waals surface area contributed by atoms with Crippen LogP contribution in [0.25, 0.3) is 0 Å². The van der Waals surface area contributed by atoms with Gasteiger partial charge in [-0.25, -0.2) is 5.48 Å². The fourth-order valence-corrected chi connectivity index (χ4v) is 1.32. The van der Waals surface area contributed by atoms with E-state index < -0.39 is 21.9 Å². The van der Waals surface area contributed by atoms with Gasteiger partial charge in [-0.05, 0) is 6.42 Å². The smallest absolute Gasteiger partial charge is 0.266 e. The monoisotopic (exact) mass is 169 g/mol. The van der Waals surface area contributed by atoms with Crippen LogP contribution in [-0.2, 0) is 10.1 Å². The van der Waals surface area contributed by atoms with Crippen molar-refractivity contribution in [3.8, 4) is 0 Å². The first-order valence-corrected chi connectivity index (χ1v) is 4.45. The van der Waals surface area contributed by atoms with Gasteiger partial charge < -0.3 is 5.21 Å². The van der Waals surface area contributed by atoms with E-state index in [-0.39, 0.29) is 0 Å². The fourth-order valence-electron chi connectivity index (χ4n) is 0.501. The Morgan fingerprint density at radius 2 is 2.10 bits per heavy atom. The van der Waals surface area contributed by atoms with Crippen LogP contribution in [0.3, 0.4) is 0 Å². The Balaban J connectivity index is 3.87. The highest BCUT2D eigenvalue weighted by molar-refractivity contribution is 7.85. The Hall–Kier alpha value is -0.170. The number of hydroxylamine groups is 1. The zero-order valence-corrected chi connectivity index (χ0v) is 6.43. The van der Waals surface area contributed by atoms with Crippen molar-refractivity contribution < 1.29 is 18.2 Å². The average Bonchev–Trinajstić information content (AvgIpc) is 1.81. The quantitative estimate of drug-likeness (QED) is 0.395. The van der Waals surface area contributed by atoms with Gasteiger partial charge in [0.05, 0.1) is 5.75 Å². The molecule has 0 radical (unpaired) electrons. The summed E-state index contributed by atoms with van der Waals surface area (Å²) in [6.07, 6.45) is 0.441. The van der Waals surface area contributed by atoms with Crippen LogP contribution >= 0.6 is 0 Å². The van der Waals surface area contributed by atoms with Gasteiger partial charge in [-0.15, -0.1) is 0 Å². The molecule has 0 bridgehead atoms. The SMILES string of the molecule is CCC(CS(=O)(=O)O)NO. The number of rotatable bonds is 4. The predicted molar refractivity (Wildman–Crippen MR) is 35.4 cm³/mol. The maximum atomic E-state index is 10.2. The first-order chi connectivity index (χ1) is 4.49. The van der Waals surface area contributed by atoms with Gasteiger partial charge >= 0.3 is 0 Å². The van der Waals surface area contributed by atoms with Gasteiger partial charge in [-0.2, -0.15) is 8.42 Å². The summed E-state index contributed by atoms with van der Waals surface area (Å²) in [6, 6.07) is -0.588. The largest absolute Gasteiger partial charge is 0.317 e. The minimum Gasteiger partial charge on any atom is -0.317 e. The highest BCUT2D eigenvalue weighted by Crippen LogP contribution is 1.93. The number of hydrogen-bond acceptors (Lipinski definition) is 4. The van der Waals surface area contributed by atoms with Crippen molar-refractivity contribution >= 4 is 10.1 Å². The molecule has 1 unspecified atom stereocenters. The molecule has 10 heavy (non-hydrogen) atoms. The van der Waals surface area contributed by atoms with E-state index in [2.05, 4.69) is 0 Å². The van der Waals surface area contributed by atoms with E-state index in [1.165, 1.54) is 0 Å². The average molecular weight is 169 g/mol. The van der Waals surface area contributed by atoms with Crippen LogP contribution in [-0.4, -0.2) is 30.0 Å². The van der Waals surface area contributed by atoms with Gasteiger partial charge in [0.25, 0.3) is 10.1 Å². The van der Waals surface area contributed by atoms with Crippen LogP contribution in [0, 0.1) is 0 Å². The van der Waals surface area contributed by atoms with Crippen molar-refractivity contribution in [1.29, 1.82) is 0 Å². The summed E-state index contributed by atoms with van der Waals surface area (Å²) in [6.45, 7) is 1.69. The molecule has 0 saturated carbocycles. The Labute approximate surface area is 59.8 Å². The molecule has 0 aliphatic rings. The molecule has 0 aromatic rings. The normalized spacial score (nSPS) is 15.1. The topological polar surface area (TPSA) is 86.6 Å². The van der Waals surface area contributed by atoms with Crippen LogP contribution in [0.15, 0.2) is 0 Å². The van der Waals surface area contributed by atoms with Gasteiger partial charge in [-0.1, -0.05) is 6.92 Å². The molecule has 0 heterocycles. The minimum atomic E-state index is -3.97. The third kappa shape index (κ3) is 4.68. The summed E-state index contributed by atoms with van der Waals surface area (Å²) < 4.78 is 28.6. The second kappa shape index (κ2) is 3.87. The molecule has 0 rings (SSSR count). The Morgan fingerprint density at radius 3 is 2.20 bits per heavy atom. The van der Waals surface area contributed by atoms with Crippen molar-refractivity contribution in [2.75, 3.05) is 5.75 Å². The molecule has 6 heteroatoms. The number of hydrogen-bond donors (Lipinski definition) is 3. The molecular weight excluding hydrogens is 158 g/mol. The second-order valence-corrected chi connectivity index (χ2v) is 3.48. The van der Waals surface area contributed by atoms with Crippen molar-refractivity contribution in [1.82, 2.24) is 5.48 Å². The Bertz CT molecular complexity index is 172. The molecule has 0 aliphatic carbocycles. The van der Waals surface area contributed by atoms with Crippen LogP contribution in [0.5, 0.6) is 0 Å². The lowest BCUT2D eigenvalue weighted by Gasteiger charge is -2.08. The van der Waals surface area contributed by atoms with E-state index in [9.17, 15) is 8.42 Å². The van der Waals surface area contributed by atoms with Crippen molar-refractivity contribution in [3.05, 3.63) is 0 Å². The van der Waals surface area contributed by atoms with Crippen LogP contribution < -0.4 is 5.48 Å². The summed E-state index contributed by atoms with van der Waals surface area (Å²) in [5.41, 5.74) is 1.77. The first kappa shape index (κ1) is 9.83. The summed E-state index contributed by atoms with van der Waals surface area (Å²) in [5.74, 6) is -0.458. The molecule has 0 saturated heterocycles. The third-order valence-electron chi connectivity index (χ3n) is 1.09. The predicted octanol–water partition coefficient (Wildman–Crippen LogP) is -0.368. The van der Waals surface area contributed by atoms with Crippen molar-refractivity contribution in [2.24, 2.45) is 0 Å². The molecule has 0 fully saturated rings. The molecule has 0 aromatic carbocycles. The number of nitrogens with one attached hydrogen (secondary N) is 1. The molecule has 0 aliphatic heterocycles. The van der Waals surface area contributed by atoms with E-state index in [1.54, 1.807) is 12.4 Å². The highest BCUT2D eigenvalue weighted by atomic mass is 32.2. The molecule has 0 spiro atoms. The van der Waals surface area contributed by atoms with Crippen LogP contribution in [0.1, 0.15) is 13.3 Å². The van der Waals surface area contributed by atoms with Gasteiger partial charge in [-0.3, -0.25) is 4.55 Å².